The van der Waals surface area contributed by atoms with Gasteiger partial charge < -0.3 is 14.5 Å². The number of hydrogen-bond acceptors (Lipinski definition) is 6. The van der Waals surface area contributed by atoms with E-state index >= 15 is 0 Å². The van der Waals surface area contributed by atoms with Crippen LogP contribution in [0.25, 0.3) is 22.6 Å². The fourth-order valence-electron chi connectivity index (χ4n) is 2.72. The van der Waals surface area contributed by atoms with Crippen LogP contribution in [0.2, 0.25) is 0 Å². The van der Waals surface area contributed by atoms with Crippen LogP contribution >= 0.6 is 0 Å². The highest BCUT2D eigenvalue weighted by Crippen LogP contribution is 2.29. The molecule has 0 aliphatic carbocycles. The number of nitro groups is 1. The summed E-state index contributed by atoms with van der Waals surface area (Å²) < 4.78 is 10.6. The quantitative estimate of drug-likeness (QED) is 0.373. The average molecular weight is 381 g/mol. The van der Waals surface area contributed by atoms with Gasteiger partial charge in [0, 0.05) is 23.3 Å². The number of imidazole rings is 1. The highest BCUT2D eigenvalue weighted by atomic mass is 16.6. The molecule has 0 atom stereocenters. The number of nitrogens with one attached hydrogen (secondary N) is 1. The van der Waals surface area contributed by atoms with E-state index in [1.165, 1.54) is 12.1 Å². The molecule has 0 saturated carbocycles. The van der Waals surface area contributed by atoms with Crippen LogP contribution < -0.4 is 4.74 Å². The Hall–Kier alpha value is -3.68. The van der Waals surface area contributed by atoms with Crippen molar-refractivity contribution in [1.29, 1.82) is 0 Å². The number of aromatic nitrogens is 2. The second kappa shape index (κ2) is 8.34. The molecule has 8 nitrogen and oxygen atoms in total. The summed E-state index contributed by atoms with van der Waals surface area (Å²) in [6.07, 6.45) is 0. The predicted octanol–water partition coefficient (Wildman–Crippen LogP) is 4.23. The zero-order chi connectivity index (χ0) is 20.1. The van der Waals surface area contributed by atoms with Gasteiger partial charge in [0.15, 0.2) is 5.69 Å². The molecule has 1 N–H and O–H groups in total. The molecule has 0 spiro atoms. The van der Waals surface area contributed by atoms with E-state index in [0.717, 1.165) is 5.56 Å². The molecule has 1 aromatic heterocycles. The molecule has 0 fully saturated rings. The molecule has 2 aromatic carbocycles. The van der Waals surface area contributed by atoms with Crippen molar-refractivity contribution in [2.45, 2.75) is 13.8 Å². The first-order valence-electron chi connectivity index (χ1n) is 8.78. The minimum Gasteiger partial charge on any atom is -0.494 e. The Morgan fingerprint density at radius 1 is 1.11 bits per heavy atom. The molecule has 144 valence electrons. The normalized spacial score (nSPS) is 10.5. The molecule has 3 rings (SSSR count). The lowest BCUT2D eigenvalue weighted by Crippen LogP contribution is -2.06. The number of ether oxygens (including phenoxy) is 2. The van der Waals surface area contributed by atoms with E-state index in [-0.39, 0.29) is 18.0 Å². The zero-order valence-electron chi connectivity index (χ0n) is 15.5. The number of non-ortho nitro benzene ring substituents is 1. The van der Waals surface area contributed by atoms with E-state index in [9.17, 15) is 14.9 Å². The summed E-state index contributed by atoms with van der Waals surface area (Å²) in [7, 11) is 0. The van der Waals surface area contributed by atoms with Crippen molar-refractivity contribution in [3.8, 4) is 28.4 Å². The fraction of sp³-hybridized carbons (Fsp3) is 0.200. The van der Waals surface area contributed by atoms with E-state index < -0.39 is 10.9 Å². The van der Waals surface area contributed by atoms with Crippen molar-refractivity contribution in [3.63, 3.8) is 0 Å². The van der Waals surface area contributed by atoms with Gasteiger partial charge in [-0.1, -0.05) is 12.1 Å². The maximum absolute atomic E-state index is 12.4. The average Bonchev–Trinajstić information content (AvgIpc) is 3.15. The lowest BCUT2D eigenvalue weighted by Gasteiger charge is -2.05. The van der Waals surface area contributed by atoms with Crippen molar-refractivity contribution in [3.05, 3.63) is 64.3 Å². The van der Waals surface area contributed by atoms with Gasteiger partial charge in [0.2, 0.25) is 0 Å². The lowest BCUT2D eigenvalue weighted by atomic mass is 10.1. The monoisotopic (exact) mass is 381 g/mol. The molecule has 1 heterocycles. The van der Waals surface area contributed by atoms with Crippen LogP contribution in [0.3, 0.4) is 0 Å². The van der Waals surface area contributed by atoms with Crippen LogP contribution in [0, 0.1) is 10.1 Å². The van der Waals surface area contributed by atoms with Gasteiger partial charge in [-0.2, -0.15) is 0 Å². The number of H-pyrrole nitrogens is 1. The molecule has 3 aromatic rings. The number of hydrogen-bond donors (Lipinski definition) is 1. The lowest BCUT2D eigenvalue weighted by molar-refractivity contribution is -0.384. The standard InChI is InChI=1S/C20H19N3O5/c1-3-27-16-10-8-13(9-11-16)17-18(20(24)28-4-2)22-19(21-17)14-6-5-7-15(12-14)23(25)26/h5-12H,3-4H2,1-2H3,(H,21,22). The van der Waals surface area contributed by atoms with E-state index in [4.69, 9.17) is 9.47 Å². The van der Waals surface area contributed by atoms with Gasteiger partial charge in [0.25, 0.3) is 5.69 Å². The number of nitrogens with zero attached hydrogens (tertiary/aromatic N) is 2. The zero-order valence-corrected chi connectivity index (χ0v) is 15.5. The van der Waals surface area contributed by atoms with Crippen LogP contribution in [0.15, 0.2) is 48.5 Å². The first kappa shape index (κ1) is 19.1. The summed E-state index contributed by atoms with van der Waals surface area (Å²) in [5.74, 6) is 0.484. The van der Waals surface area contributed by atoms with Gasteiger partial charge in [0.05, 0.1) is 23.8 Å². The molecular formula is C20H19N3O5. The SMILES string of the molecule is CCOC(=O)c1nc(-c2cccc([N+](=O)[O-])c2)[nH]c1-c1ccc(OCC)cc1. The first-order chi connectivity index (χ1) is 13.5. The van der Waals surface area contributed by atoms with E-state index in [1.54, 1.807) is 43.3 Å². The number of rotatable bonds is 7. The Kier molecular flexibility index (Phi) is 5.69. The number of carbonyl (C=O) groups excluding carboxylic acids is 1. The van der Waals surface area contributed by atoms with Crippen LogP contribution in [0.4, 0.5) is 5.69 Å². The van der Waals surface area contributed by atoms with Gasteiger partial charge in [-0.15, -0.1) is 0 Å². The molecule has 0 unspecified atom stereocenters. The Bertz CT molecular complexity index is 995. The maximum Gasteiger partial charge on any atom is 0.359 e. The van der Waals surface area contributed by atoms with Crippen molar-refractivity contribution in [2.75, 3.05) is 13.2 Å². The van der Waals surface area contributed by atoms with E-state index in [2.05, 4.69) is 9.97 Å². The number of esters is 1. The van der Waals surface area contributed by atoms with E-state index in [0.29, 0.717) is 29.4 Å². The second-order valence-electron chi connectivity index (χ2n) is 5.79. The maximum atomic E-state index is 12.4. The number of carbonyl (C=O) groups is 1. The number of benzene rings is 2. The Labute approximate surface area is 161 Å². The van der Waals surface area contributed by atoms with Crippen molar-refractivity contribution < 1.29 is 19.2 Å². The van der Waals surface area contributed by atoms with Crippen molar-refractivity contribution >= 4 is 11.7 Å². The molecular weight excluding hydrogens is 362 g/mol. The summed E-state index contributed by atoms with van der Waals surface area (Å²) >= 11 is 0. The highest BCUT2D eigenvalue weighted by molar-refractivity contribution is 5.95. The summed E-state index contributed by atoms with van der Waals surface area (Å²) in [6.45, 7) is 4.37. The Balaban J connectivity index is 2.07. The minimum atomic E-state index is -0.570. The van der Waals surface area contributed by atoms with Crippen LogP contribution in [-0.4, -0.2) is 34.1 Å². The smallest absolute Gasteiger partial charge is 0.359 e. The minimum absolute atomic E-state index is 0.0609. The number of nitro benzene ring substituents is 1. The molecule has 28 heavy (non-hydrogen) atoms. The van der Waals surface area contributed by atoms with Gasteiger partial charge in [-0.25, -0.2) is 9.78 Å². The molecule has 0 amide bonds. The number of aromatic amines is 1. The third kappa shape index (κ3) is 4.01. The van der Waals surface area contributed by atoms with E-state index in [1.807, 2.05) is 6.92 Å². The van der Waals surface area contributed by atoms with Gasteiger partial charge in [-0.05, 0) is 38.1 Å². The molecule has 0 aliphatic rings. The molecule has 0 bridgehead atoms. The van der Waals surface area contributed by atoms with Crippen molar-refractivity contribution in [2.24, 2.45) is 0 Å². The second-order valence-corrected chi connectivity index (χ2v) is 5.79. The summed E-state index contributed by atoms with van der Waals surface area (Å²) in [5, 5.41) is 11.0. The summed E-state index contributed by atoms with van der Waals surface area (Å²) in [6, 6.07) is 13.2. The third-order valence-electron chi connectivity index (χ3n) is 3.96. The summed E-state index contributed by atoms with van der Waals surface area (Å²) in [5.41, 5.74) is 1.75. The first-order valence-corrected chi connectivity index (χ1v) is 8.78. The Morgan fingerprint density at radius 2 is 1.86 bits per heavy atom. The van der Waals surface area contributed by atoms with Gasteiger partial charge in [-0.3, -0.25) is 10.1 Å². The molecule has 8 heteroatoms. The van der Waals surface area contributed by atoms with Gasteiger partial charge in [0.1, 0.15) is 11.6 Å². The topological polar surface area (TPSA) is 107 Å². The van der Waals surface area contributed by atoms with Crippen LogP contribution in [0.5, 0.6) is 5.75 Å². The van der Waals surface area contributed by atoms with Crippen molar-refractivity contribution in [1.82, 2.24) is 9.97 Å². The highest BCUT2D eigenvalue weighted by Gasteiger charge is 2.21. The van der Waals surface area contributed by atoms with Crippen LogP contribution in [-0.2, 0) is 4.74 Å². The largest absolute Gasteiger partial charge is 0.494 e. The van der Waals surface area contributed by atoms with Gasteiger partial charge >= 0.3 is 5.97 Å². The predicted molar refractivity (Wildman–Crippen MR) is 103 cm³/mol. The Morgan fingerprint density at radius 3 is 2.50 bits per heavy atom. The molecule has 0 aliphatic heterocycles. The third-order valence-corrected chi connectivity index (χ3v) is 3.96. The van der Waals surface area contributed by atoms with Crippen LogP contribution in [0.1, 0.15) is 24.3 Å². The summed E-state index contributed by atoms with van der Waals surface area (Å²) in [4.78, 5) is 30.4. The fourth-order valence-corrected chi connectivity index (χ4v) is 2.72. The molecule has 0 radical (unpaired) electrons. The molecule has 0 saturated heterocycles.